The van der Waals surface area contributed by atoms with Gasteiger partial charge in [-0.2, -0.15) is 5.26 Å². The highest BCUT2D eigenvalue weighted by Gasteiger charge is 2.48. The van der Waals surface area contributed by atoms with Crippen molar-refractivity contribution < 1.29 is 4.74 Å². The molecule has 0 radical (unpaired) electrons. The first-order valence-electron chi connectivity index (χ1n) is 6.98. The standard InChI is InChI=1S/C14H19N5O/c1-3-19-6-4-14(5-7-19)10(8-15)12(16)20-13-11(14)9(2)17-18-13/h3-7,16H2,1-2H3,(H,17,18). The predicted molar refractivity (Wildman–Crippen MR) is 73.8 cm³/mol. The number of piperidine rings is 1. The Kier molecular flexibility index (Phi) is 2.94. The number of nitrogens with one attached hydrogen (secondary N) is 1. The summed E-state index contributed by atoms with van der Waals surface area (Å²) in [4.78, 5) is 2.39. The average Bonchev–Trinajstić information content (AvgIpc) is 2.82. The van der Waals surface area contributed by atoms with Crippen molar-refractivity contribution in [2.45, 2.75) is 32.1 Å². The molecule has 1 aromatic rings. The molecule has 1 fully saturated rings. The highest BCUT2D eigenvalue weighted by molar-refractivity contribution is 5.54. The van der Waals surface area contributed by atoms with Crippen LogP contribution in [0.2, 0.25) is 0 Å². The van der Waals surface area contributed by atoms with E-state index in [0.717, 1.165) is 43.7 Å². The summed E-state index contributed by atoms with van der Waals surface area (Å²) in [5, 5.41) is 16.7. The van der Waals surface area contributed by atoms with Gasteiger partial charge >= 0.3 is 0 Å². The van der Waals surface area contributed by atoms with Gasteiger partial charge in [-0.25, -0.2) is 0 Å². The summed E-state index contributed by atoms with van der Waals surface area (Å²) in [6.07, 6.45) is 1.75. The summed E-state index contributed by atoms with van der Waals surface area (Å²) < 4.78 is 5.52. The summed E-state index contributed by atoms with van der Waals surface area (Å²) in [5.74, 6) is 0.736. The Balaban J connectivity index is 2.11. The normalized spacial score (nSPS) is 21.4. The van der Waals surface area contributed by atoms with Gasteiger partial charge in [0.2, 0.25) is 11.8 Å². The number of H-pyrrole nitrogens is 1. The van der Waals surface area contributed by atoms with E-state index in [0.29, 0.717) is 11.5 Å². The van der Waals surface area contributed by atoms with Gasteiger partial charge in [-0.05, 0) is 39.4 Å². The lowest BCUT2D eigenvalue weighted by Crippen LogP contribution is -2.46. The fourth-order valence-electron chi connectivity index (χ4n) is 3.47. The first kappa shape index (κ1) is 13.0. The predicted octanol–water partition coefficient (Wildman–Crippen LogP) is 1.16. The van der Waals surface area contributed by atoms with E-state index in [4.69, 9.17) is 10.5 Å². The van der Waals surface area contributed by atoms with Crippen LogP contribution in [0.1, 0.15) is 31.0 Å². The van der Waals surface area contributed by atoms with Crippen molar-refractivity contribution in [3.63, 3.8) is 0 Å². The molecule has 0 aromatic carbocycles. The summed E-state index contributed by atoms with van der Waals surface area (Å²) >= 11 is 0. The zero-order chi connectivity index (χ0) is 14.3. The van der Waals surface area contributed by atoms with Gasteiger partial charge in [0.1, 0.15) is 11.6 Å². The second kappa shape index (κ2) is 4.53. The van der Waals surface area contributed by atoms with E-state index < -0.39 is 0 Å². The molecular weight excluding hydrogens is 254 g/mol. The zero-order valence-electron chi connectivity index (χ0n) is 11.9. The topological polar surface area (TPSA) is 91.0 Å². The summed E-state index contributed by atoms with van der Waals surface area (Å²) in [6, 6.07) is 2.27. The molecule has 106 valence electrons. The molecule has 6 heteroatoms. The maximum atomic E-state index is 9.54. The van der Waals surface area contributed by atoms with Crippen LogP contribution < -0.4 is 10.5 Å². The first-order chi connectivity index (χ1) is 9.62. The molecule has 3 heterocycles. The molecule has 3 rings (SSSR count). The van der Waals surface area contributed by atoms with Crippen LogP contribution in [-0.4, -0.2) is 34.7 Å². The number of aromatic amines is 1. The van der Waals surface area contributed by atoms with Gasteiger partial charge in [0, 0.05) is 16.7 Å². The van der Waals surface area contributed by atoms with E-state index in [1.807, 2.05) is 6.92 Å². The highest BCUT2D eigenvalue weighted by Crippen LogP contribution is 2.49. The van der Waals surface area contributed by atoms with Gasteiger partial charge in [-0.1, -0.05) is 6.92 Å². The fourth-order valence-corrected chi connectivity index (χ4v) is 3.47. The third-order valence-electron chi connectivity index (χ3n) is 4.59. The maximum absolute atomic E-state index is 9.54. The van der Waals surface area contributed by atoms with Gasteiger partial charge in [0.25, 0.3) is 0 Å². The first-order valence-corrected chi connectivity index (χ1v) is 6.98. The Morgan fingerprint density at radius 3 is 2.80 bits per heavy atom. The largest absolute Gasteiger partial charge is 0.420 e. The maximum Gasteiger partial charge on any atom is 0.244 e. The molecule has 6 nitrogen and oxygen atoms in total. The molecule has 1 aromatic heterocycles. The van der Waals surface area contributed by atoms with E-state index in [1.54, 1.807) is 0 Å². The number of allylic oxidation sites excluding steroid dienone is 1. The molecule has 2 aliphatic rings. The molecular formula is C14H19N5O. The van der Waals surface area contributed by atoms with Crippen LogP contribution in [-0.2, 0) is 5.41 Å². The third kappa shape index (κ3) is 1.63. The summed E-state index contributed by atoms with van der Waals surface area (Å²) in [6.45, 7) is 7.08. The summed E-state index contributed by atoms with van der Waals surface area (Å²) in [5.41, 5.74) is 8.15. The lowest BCUT2D eigenvalue weighted by atomic mass is 9.67. The van der Waals surface area contributed by atoms with Crippen molar-refractivity contribution >= 4 is 0 Å². The van der Waals surface area contributed by atoms with Gasteiger partial charge < -0.3 is 15.4 Å². The number of rotatable bonds is 1. The minimum absolute atomic E-state index is 0.205. The molecule has 2 aliphatic heterocycles. The number of hydrogen-bond acceptors (Lipinski definition) is 5. The van der Waals surface area contributed by atoms with Crippen LogP contribution in [0.15, 0.2) is 11.5 Å². The molecule has 0 saturated carbocycles. The highest BCUT2D eigenvalue weighted by atomic mass is 16.5. The van der Waals surface area contributed by atoms with E-state index in [9.17, 15) is 5.26 Å². The lowest BCUT2D eigenvalue weighted by molar-refractivity contribution is 0.175. The molecule has 0 bridgehead atoms. The fraction of sp³-hybridized carbons (Fsp3) is 0.571. The van der Waals surface area contributed by atoms with Crippen LogP contribution in [0.3, 0.4) is 0 Å². The molecule has 20 heavy (non-hydrogen) atoms. The molecule has 1 saturated heterocycles. The Bertz CT molecular complexity index is 602. The van der Waals surface area contributed by atoms with E-state index >= 15 is 0 Å². The molecule has 0 aliphatic carbocycles. The number of hydrogen-bond donors (Lipinski definition) is 2. The number of aromatic nitrogens is 2. The minimum Gasteiger partial charge on any atom is -0.420 e. The van der Waals surface area contributed by atoms with Gasteiger partial charge in [0.05, 0.1) is 0 Å². The van der Waals surface area contributed by atoms with Crippen LogP contribution in [0.25, 0.3) is 0 Å². The van der Waals surface area contributed by atoms with Crippen molar-refractivity contribution in [3.8, 4) is 11.9 Å². The number of fused-ring (bicyclic) bond motifs is 2. The second-order valence-corrected chi connectivity index (χ2v) is 5.50. The molecule has 3 N–H and O–H groups in total. The van der Waals surface area contributed by atoms with Gasteiger partial charge in [-0.3, -0.25) is 5.10 Å². The van der Waals surface area contributed by atoms with Crippen LogP contribution >= 0.6 is 0 Å². The number of nitrogens with zero attached hydrogens (tertiary/aromatic N) is 3. The van der Waals surface area contributed by atoms with E-state index in [1.165, 1.54) is 0 Å². The van der Waals surface area contributed by atoms with Gasteiger partial charge in [-0.15, -0.1) is 5.10 Å². The van der Waals surface area contributed by atoms with Crippen molar-refractivity contribution in [2.75, 3.05) is 19.6 Å². The van der Waals surface area contributed by atoms with Gasteiger partial charge in [0.15, 0.2) is 0 Å². The van der Waals surface area contributed by atoms with Crippen LogP contribution in [0.4, 0.5) is 0 Å². The quantitative estimate of drug-likeness (QED) is 0.801. The van der Waals surface area contributed by atoms with Crippen LogP contribution in [0.5, 0.6) is 5.88 Å². The second-order valence-electron chi connectivity index (χ2n) is 5.50. The average molecular weight is 273 g/mol. The monoisotopic (exact) mass is 273 g/mol. The molecule has 0 unspecified atom stereocenters. The van der Waals surface area contributed by atoms with E-state index in [-0.39, 0.29) is 11.3 Å². The molecule has 0 atom stereocenters. The number of nitriles is 1. The van der Waals surface area contributed by atoms with E-state index in [2.05, 4.69) is 28.1 Å². The van der Waals surface area contributed by atoms with Crippen molar-refractivity contribution in [1.82, 2.24) is 15.1 Å². The smallest absolute Gasteiger partial charge is 0.244 e. The molecule has 0 amide bonds. The minimum atomic E-state index is -0.338. The van der Waals surface area contributed by atoms with Crippen molar-refractivity contribution in [3.05, 3.63) is 22.7 Å². The number of nitrogens with two attached hydrogens (primary N) is 1. The number of aryl methyl sites for hydroxylation is 1. The Morgan fingerprint density at radius 1 is 1.50 bits per heavy atom. The lowest BCUT2D eigenvalue weighted by Gasteiger charge is -2.43. The Morgan fingerprint density at radius 2 is 2.20 bits per heavy atom. The van der Waals surface area contributed by atoms with Crippen LogP contribution in [0, 0.1) is 18.3 Å². The summed E-state index contributed by atoms with van der Waals surface area (Å²) in [7, 11) is 0. The third-order valence-corrected chi connectivity index (χ3v) is 4.59. The zero-order valence-corrected chi connectivity index (χ0v) is 11.9. The molecule has 1 spiro atoms. The number of likely N-dealkylation sites (tertiary alicyclic amines) is 1. The Hall–Kier alpha value is -2.00. The number of ether oxygens (including phenoxy) is 1. The van der Waals surface area contributed by atoms with Crippen molar-refractivity contribution in [2.24, 2.45) is 5.73 Å². The SMILES string of the molecule is CCN1CCC2(CC1)C(C#N)=C(N)Oc1n[nH]c(C)c12. The Labute approximate surface area is 118 Å². The van der Waals surface area contributed by atoms with Crippen molar-refractivity contribution in [1.29, 1.82) is 5.26 Å².